The van der Waals surface area contributed by atoms with E-state index in [-0.39, 0.29) is 17.7 Å². The van der Waals surface area contributed by atoms with Crippen LogP contribution < -0.4 is 0 Å². The standard InChI is InChI=1S/C21H32O4/c1-3-4-7-10-18(22)15-13-17-14-16-20(23)19(17)11-8-5-6-9-12-21(24)25-2/h11,13-18,22H,3-10,12H2,1-2H3/b15-13+,19-11+/t17-,18-/m1/s1. The second-order valence-electron chi connectivity index (χ2n) is 6.53. The Hall–Kier alpha value is -1.68. The number of esters is 1. The average Bonchev–Trinajstić information content (AvgIpc) is 2.96. The highest BCUT2D eigenvalue weighted by atomic mass is 16.5. The van der Waals surface area contributed by atoms with E-state index in [9.17, 15) is 14.7 Å². The molecule has 0 heterocycles. The van der Waals surface area contributed by atoms with Crippen molar-refractivity contribution in [2.45, 2.75) is 70.8 Å². The number of carbonyl (C=O) groups is 2. The third kappa shape index (κ3) is 8.82. The first-order valence-corrected chi connectivity index (χ1v) is 9.44. The van der Waals surface area contributed by atoms with Crippen molar-refractivity contribution in [1.82, 2.24) is 0 Å². The number of hydrogen-bond donors (Lipinski definition) is 1. The summed E-state index contributed by atoms with van der Waals surface area (Å²) in [7, 11) is 1.40. The second kappa shape index (κ2) is 12.6. The molecule has 0 radical (unpaired) electrons. The zero-order valence-corrected chi connectivity index (χ0v) is 15.6. The topological polar surface area (TPSA) is 63.6 Å². The van der Waals surface area contributed by atoms with Gasteiger partial charge in [-0.25, -0.2) is 0 Å². The summed E-state index contributed by atoms with van der Waals surface area (Å²) in [6.07, 6.45) is 16.9. The predicted octanol–water partition coefficient (Wildman–Crippen LogP) is 4.29. The van der Waals surface area contributed by atoms with Crippen LogP contribution in [0.3, 0.4) is 0 Å². The van der Waals surface area contributed by atoms with Crippen LogP contribution in [0.15, 0.2) is 36.0 Å². The summed E-state index contributed by atoms with van der Waals surface area (Å²) in [4.78, 5) is 23.0. The number of aliphatic hydroxyl groups excluding tert-OH is 1. The molecule has 4 nitrogen and oxygen atoms in total. The van der Waals surface area contributed by atoms with Crippen molar-refractivity contribution in [2.24, 2.45) is 5.92 Å². The number of aliphatic hydroxyl groups is 1. The molecule has 0 aromatic rings. The van der Waals surface area contributed by atoms with E-state index < -0.39 is 6.10 Å². The van der Waals surface area contributed by atoms with E-state index in [2.05, 4.69) is 11.7 Å². The van der Waals surface area contributed by atoms with Gasteiger partial charge in [-0.05, 0) is 31.8 Å². The van der Waals surface area contributed by atoms with Gasteiger partial charge in [0.05, 0.1) is 13.2 Å². The highest BCUT2D eigenvalue weighted by molar-refractivity contribution is 6.07. The molecule has 0 aliphatic heterocycles. The van der Waals surface area contributed by atoms with Gasteiger partial charge in [0.25, 0.3) is 0 Å². The van der Waals surface area contributed by atoms with E-state index in [1.165, 1.54) is 7.11 Å². The van der Waals surface area contributed by atoms with Crippen molar-refractivity contribution in [3.8, 4) is 0 Å². The number of carbonyl (C=O) groups excluding carboxylic acids is 2. The Balaban J connectivity index is 2.38. The summed E-state index contributed by atoms with van der Waals surface area (Å²) in [5.41, 5.74) is 0.796. The molecule has 2 atom stereocenters. The van der Waals surface area contributed by atoms with Gasteiger partial charge in [-0.2, -0.15) is 0 Å². The number of allylic oxidation sites excluding steroid dienone is 5. The van der Waals surface area contributed by atoms with E-state index in [0.29, 0.717) is 6.42 Å². The number of rotatable bonds is 12. The summed E-state index contributed by atoms with van der Waals surface area (Å²) in [5.74, 6) is -0.135. The SMILES string of the molecule is CCCCC[C@@H](O)/C=C/[C@@H]1C=CC(=O)/C1=C/CCCCCC(=O)OC. The van der Waals surface area contributed by atoms with Gasteiger partial charge in [-0.1, -0.05) is 56.9 Å². The van der Waals surface area contributed by atoms with Gasteiger partial charge < -0.3 is 9.84 Å². The highest BCUT2D eigenvalue weighted by Crippen LogP contribution is 2.24. The Morgan fingerprint density at radius 3 is 2.80 bits per heavy atom. The smallest absolute Gasteiger partial charge is 0.305 e. The van der Waals surface area contributed by atoms with Crippen molar-refractivity contribution < 1.29 is 19.4 Å². The lowest BCUT2D eigenvalue weighted by Gasteiger charge is -2.08. The van der Waals surface area contributed by atoms with Gasteiger partial charge in [0.1, 0.15) is 0 Å². The van der Waals surface area contributed by atoms with E-state index >= 15 is 0 Å². The fraction of sp³-hybridized carbons (Fsp3) is 0.619. The number of ketones is 1. The lowest BCUT2D eigenvalue weighted by Crippen LogP contribution is -2.05. The van der Waals surface area contributed by atoms with Crippen LogP contribution in [0.25, 0.3) is 0 Å². The first kappa shape index (κ1) is 21.4. The van der Waals surface area contributed by atoms with Gasteiger partial charge in [0.15, 0.2) is 5.78 Å². The maximum Gasteiger partial charge on any atom is 0.305 e. The van der Waals surface area contributed by atoms with Crippen molar-refractivity contribution in [3.63, 3.8) is 0 Å². The van der Waals surface area contributed by atoms with Crippen LogP contribution in [0, 0.1) is 5.92 Å². The molecule has 140 valence electrons. The van der Waals surface area contributed by atoms with Gasteiger partial charge in [0.2, 0.25) is 0 Å². The molecule has 25 heavy (non-hydrogen) atoms. The molecule has 0 spiro atoms. The fourth-order valence-electron chi connectivity index (χ4n) is 2.86. The van der Waals surface area contributed by atoms with Crippen LogP contribution in [0.1, 0.15) is 64.7 Å². The van der Waals surface area contributed by atoms with Gasteiger partial charge in [-0.15, -0.1) is 0 Å². The highest BCUT2D eigenvalue weighted by Gasteiger charge is 2.20. The molecule has 1 rings (SSSR count). The van der Waals surface area contributed by atoms with Gasteiger partial charge in [-0.3, -0.25) is 9.59 Å². The molecule has 1 N–H and O–H groups in total. The summed E-state index contributed by atoms with van der Waals surface area (Å²) in [6.45, 7) is 2.14. The van der Waals surface area contributed by atoms with Crippen LogP contribution in [0.2, 0.25) is 0 Å². The van der Waals surface area contributed by atoms with E-state index in [1.54, 1.807) is 6.08 Å². The fourth-order valence-corrected chi connectivity index (χ4v) is 2.86. The quantitative estimate of drug-likeness (QED) is 0.247. The molecule has 0 aromatic heterocycles. The van der Waals surface area contributed by atoms with Crippen molar-refractivity contribution in [1.29, 1.82) is 0 Å². The Labute approximate surface area is 151 Å². The first-order valence-electron chi connectivity index (χ1n) is 9.44. The Kier molecular flexibility index (Phi) is 10.8. The summed E-state index contributed by atoms with van der Waals surface area (Å²) >= 11 is 0. The second-order valence-corrected chi connectivity index (χ2v) is 6.53. The minimum atomic E-state index is -0.435. The normalized spacial score (nSPS) is 19.9. The van der Waals surface area contributed by atoms with Crippen molar-refractivity contribution in [3.05, 3.63) is 36.0 Å². The summed E-state index contributed by atoms with van der Waals surface area (Å²) < 4.78 is 4.61. The maximum absolute atomic E-state index is 12.0. The molecule has 0 saturated heterocycles. The minimum Gasteiger partial charge on any atom is -0.469 e. The third-order valence-corrected chi connectivity index (χ3v) is 4.42. The molecule has 1 aliphatic carbocycles. The molecular formula is C21H32O4. The molecule has 0 fully saturated rings. The third-order valence-electron chi connectivity index (χ3n) is 4.42. The van der Waals surface area contributed by atoms with Crippen molar-refractivity contribution in [2.75, 3.05) is 7.11 Å². The molecule has 1 aliphatic rings. The maximum atomic E-state index is 12.0. The Morgan fingerprint density at radius 1 is 1.28 bits per heavy atom. The summed E-state index contributed by atoms with van der Waals surface area (Å²) in [6, 6.07) is 0. The van der Waals surface area contributed by atoms with Gasteiger partial charge in [0, 0.05) is 17.9 Å². The van der Waals surface area contributed by atoms with Crippen molar-refractivity contribution >= 4 is 11.8 Å². The minimum absolute atomic E-state index is 0.0246. The molecule has 0 aromatic carbocycles. The largest absolute Gasteiger partial charge is 0.469 e. The van der Waals surface area contributed by atoms with E-state index in [4.69, 9.17) is 0 Å². The van der Waals surface area contributed by atoms with Crippen LogP contribution in [0.5, 0.6) is 0 Å². The summed E-state index contributed by atoms with van der Waals surface area (Å²) in [5, 5.41) is 9.97. The first-order chi connectivity index (χ1) is 12.1. The number of hydrogen-bond acceptors (Lipinski definition) is 4. The monoisotopic (exact) mass is 348 g/mol. The van der Waals surface area contributed by atoms with Crippen LogP contribution >= 0.6 is 0 Å². The lowest BCUT2D eigenvalue weighted by molar-refractivity contribution is -0.140. The Morgan fingerprint density at radius 2 is 2.08 bits per heavy atom. The van der Waals surface area contributed by atoms with Crippen LogP contribution in [-0.4, -0.2) is 30.1 Å². The predicted molar refractivity (Wildman–Crippen MR) is 100 cm³/mol. The number of unbranched alkanes of at least 4 members (excludes halogenated alkanes) is 5. The molecule has 4 heteroatoms. The van der Waals surface area contributed by atoms with Crippen LogP contribution in [-0.2, 0) is 14.3 Å². The molecule has 0 amide bonds. The molecule has 0 saturated carbocycles. The molecule has 0 unspecified atom stereocenters. The zero-order valence-electron chi connectivity index (χ0n) is 15.6. The lowest BCUT2D eigenvalue weighted by atomic mass is 9.98. The van der Waals surface area contributed by atoms with E-state index in [0.717, 1.165) is 56.9 Å². The zero-order chi connectivity index (χ0) is 18.5. The number of ether oxygens (including phenoxy) is 1. The molecule has 0 bridgehead atoms. The Bertz CT molecular complexity index is 502. The number of methoxy groups -OCH3 is 1. The average molecular weight is 348 g/mol. The van der Waals surface area contributed by atoms with Gasteiger partial charge >= 0.3 is 5.97 Å². The van der Waals surface area contributed by atoms with E-state index in [1.807, 2.05) is 24.3 Å². The molecular weight excluding hydrogens is 316 g/mol. The van der Waals surface area contributed by atoms with Crippen LogP contribution in [0.4, 0.5) is 0 Å².